The second-order valence-corrected chi connectivity index (χ2v) is 6.73. The molecule has 0 aliphatic heterocycles. The van der Waals surface area contributed by atoms with Crippen molar-refractivity contribution in [1.82, 2.24) is 0 Å². The summed E-state index contributed by atoms with van der Waals surface area (Å²) in [6, 6.07) is 21.6. The van der Waals surface area contributed by atoms with Crippen LogP contribution in [-0.2, 0) is 20.9 Å². The monoisotopic (exact) mass is 361 g/mol. The molecule has 4 nitrogen and oxygen atoms in total. The van der Waals surface area contributed by atoms with Crippen molar-refractivity contribution in [2.75, 3.05) is 0 Å². The Bertz CT molecular complexity index is 950. The predicted molar refractivity (Wildman–Crippen MR) is 106 cm³/mol. The molecule has 3 aromatic carbocycles. The lowest BCUT2D eigenvalue weighted by atomic mass is 9.92. The van der Waals surface area contributed by atoms with E-state index < -0.39 is 5.91 Å². The van der Waals surface area contributed by atoms with E-state index in [1.165, 1.54) is 0 Å². The highest BCUT2D eigenvalue weighted by Gasteiger charge is 2.19. The Morgan fingerprint density at radius 3 is 2.37 bits per heavy atom. The lowest BCUT2D eigenvalue weighted by Gasteiger charge is -2.16. The normalized spacial score (nSPS) is 11.9. The van der Waals surface area contributed by atoms with Crippen LogP contribution in [0.1, 0.15) is 35.4 Å². The Morgan fingerprint density at radius 2 is 1.63 bits per heavy atom. The van der Waals surface area contributed by atoms with Crippen LogP contribution in [0.25, 0.3) is 10.8 Å². The smallest absolute Gasteiger partial charge is 0.306 e. The minimum absolute atomic E-state index is 0.117. The molecule has 0 unspecified atom stereocenters. The molecule has 0 saturated heterocycles. The highest BCUT2D eigenvalue weighted by molar-refractivity contribution is 5.87. The minimum atomic E-state index is -0.429. The second-order valence-electron chi connectivity index (χ2n) is 6.73. The van der Waals surface area contributed by atoms with Gasteiger partial charge in [0, 0.05) is 17.9 Å². The number of rotatable bonds is 7. The van der Waals surface area contributed by atoms with Crippen LogP contribution in [0.4, 0.5) is 0 Å². The molecule has 0 aliphatic carbocycles. The van der Waals surface area contributed by atoms with Gasteiger partial charge in [-0.25, -0.2) is 0 Å². The molecule has 0 spiro atoms. The average Bonchev–Trinajstić information content (AvgIpc) is 2.67. The summed E-state index contributed by atoms with van der Waals surface area (Å²) in [4.78, 5) is 23.9. The van der Waals surface area contributed by atoms with Gasteiger partial charge in [0.2, 0.25) is 5.91 Å². The van der Waals surface area contributed by atoms with Crippen LogP contribution >= 0.6 is 0 Å². The van der Waals surface area contributed by atoms with Gasteiger partial charge in [0.1, 0.15) is 6.61 Å². The van der Waals surface area contributed by atoms with E-state index in [1.807, 2.05) is 67.6 Å². The van der Waals surface area contributed by atoms with E-state index in [9.17, 15) is 9.59 Å². The fourth-order valence-electron chi connectivity index (χ4n) is 3.33. The van der Waals surface area contributed by atoms with Gasteiger partial charge in [-0.2, -0.15) is 0 Å². The molecule has 0 heterocycles. The number of carbonyl (C=O) groups is 2. The molecule has 0 saturated carbocycles. The molecule has 27 heavy (non-hydrogen) atoms. The quantitative estimate of drug-likeness (QED) is 0.640. The van der Waals surface area contributed by atoms with Gasteiger partial charge in [0.25, 0.3) is 0 Å². The number of nitrogens with two attached hydrogens (primary N) is 1. The topological polar surface area (TPSA) is 69.4 Å². The molecule has 1 atom stereocenters. The lowest BCUT2D eigenvalue weighted by Crippen LogP contribution is -2.18. The third kappa shape index (κ3) is 4.73. The van der Waals surface area contributed by atoms with Crippen molar-refractivity contribution < 1.29 is 14.3 Å². The summed E-state index contributed by atoms with van der Waals surface area (Å²) in [5.41, 5.74) is 8.36. The summed E-state index contributed by atoms with van der Waals surface area (Å²) in [5, 5.41) is 2.20. The van der Waals surface area contributed by atoms with E-state index in [2.05, 4.69) is 6.07 Å². The molecular weight excluding hydrogens is 338 g/mol. The highest BCUT2D eigenvalue weighted by atomic mass is 16.5. The van der Waals surface area contributed by atoms with Gasteiger partial charge in [-0.05, 0) is 28.8 Å². The maximum absolute atomic E-state index is 12.5. The summed E-state index contributed by atoms with van der Waals surface area (Å²) >= 11 is 0. The highest BCUT2D eigenvalue weighted by Crippen LogP contribution is 2.26. The van der Waals surface area contributed by atoms with Crippen molar-refractivity contribution in [1.29, 1.82) is 0 Å². The number of primary amides is 1. The van der Waals surface area contributed by atoms with Crippen molar-refractivity contribution in [2.45, 2.75) is 32.3 Å². The Labute approximate surface area is 159 Å². The fraction of sp³-hybridized carbons (Fsp3) is 0.217. The number of benzene rings is 3. The molecule has 0 aliphatic rings. The van der Waals surface area contributed by atoms with Gasteiger partial charge in [-0.15, -0.1) is 0 Å². The Morgan fingerprint density at radius 1 is 0.926 bits per heavy atom. The molecule has 138 valence electrons. The Kier molecular flexibility index (Phi) is 5.87. The summed E-state index contributed by atoms with van der Waals surface area (Å²) in [6.07, 6.45) is 0.239. The van der Waals surface area contributed by atoms with Gasteiger partial charge in [-0.3, -0.25) is 9.59 Å². The van der Waals surface area contributed by atoms with Crippen LogP contribution in [0.15, 0.2) is 66.7 Å². The molecule has 0 radical (unpaired) electrons. The minimum Gasteiger partial charge on any atom is -0.461 e. The van der Waals surface area contributed by atoms with Gasteiger partial charge >= 0.3 is 5.97 Å². The largest absolute Gasteiger partial charge is 0.461 e. The first-order valence-electron chi connectivity index (χ1n) is 9.00. The summed E-state index contributed by atoms with van der Waals surface area (Å²) < 4.78 is 5.56. The molecule has 3 rings (SSSR count). The number of fused-ring (bicyclic) bond motifs is 1. The van der Waals surface area contributed by atoms with E-state index in [0.717, 1.165) is 27.5 Å². The summed E-state index contributed by atoms with van der Waals surface area (Å²) in [6.45, 7) is 2.22. The van der Waals surface area contributed by atoms with Crippen LogP contribution in [0.5, 0.6) is 0 Å². The second kappa shape index (κ2) is 8.49. The molecule has 2 N–H and O–H groups in total. The Balaban J connectivity index is 1.72. The maximum Gasteiger partial charge on any atom is 0.306 e. The van der Waals surface area contributed by atoms with Gasteiger partial charge in [0.05, 0.1) is 6.42 Å². The summed E-state index contributed by atoms with van der Waals surface area (Å²) in [7, 11) is 0. The number of esters is 1. The lowest BCUT2D eigenvalue weighted by molar-refractivity contribution is -0.145. The number of hydrogen-bond donors (Lipinski definition) is 1. The molecule has 0 aromatic heterocycles. The van der Waals surface area contributed by atoms with E-state index >= 15 is 0 Å². The molecule has 3 aromatic rings. The van der Waals surface area contributed by atoms with Crippen LogP contribution in [0.2, 0.25) is 0 Å². The van der Waals surface area contributed by atoms with Crippen LogP contribution in [-0.4, -0.2) is 11.9 Å². The maximum atomic E-state index is 12.5. The summed E-state index contributed by atoms with van der Waals surface area (Å²) in [5.74, 6) is -1.04. The SMILES string of the molecule is Cc1ccc2ccccc2c1COC(=O)C[C@@H](CC(N)=O)c1ccccc1. The van der Waals surface area contributed by atoms with Crippen molar-refractivity contribution in [2.24, 2.45) is 5.73 Å². The van der Waals surface area contributed by atoms with E-state index in [0.29, 0.717) is 0 Å². The van der Waals surface area contributed by atoms with E-state index in [1.54, 1.807) is 0 Å². The van der Waals surface area contributed by atoms with E-state index in [-0.39, 0.29) is 31.3 Å². The molecule has 0 fully saturated rings. The van der Waals surface area contributed by atoms with E-state index in [4.69, 9.17) is 10.5 Å². The third-order valence-corrected chi connectivity index (χ3v) is 4.78. The van der Waals surface area contributed by atoms with Crippen LogP contribution in [0.3, 0.4) is 0 Å². The van der Waals surface area contributed by atoms with Crippen molar-refractivity contribution in [3.05, 3.63) is 83.4 Å². The predicted octanol–water partition coefficient (Wildman–Crippen LogP) is 4.24. The third-order valence-electron chi connectivity index (χ3n) is 4.78. The number of ether oxygens (including phenoxy) is 1. The molecule has 0 bridgehead atoms. The van der Waals surface area contributed by atoms with Gasteiger partial charge < -0.3 is 10.5 Å². The van der Waals surface area contributed by atoms with Gasteiger partial charge in [0.15, 0.2) is 0 Å². The van der Waals surface area contributed by atoms with Gasteiger partial charge in [-0.1, -0.05) is 66.7 Å². The molecular formula is C23H23NO3. The first-order chi connectivity index (χ1) is 13.0. The van der Waals surface area contributed by atoms with Crippen LogP contribution in [0, 0.1) is 6.92 Å². The number of carbonyl (C=O) groups excluding carboxylic acids is 2. The number of amides is 1. The zero-order valence-electron chi connectivity index (χ0n) is 15.4. The van der Waals surface area contributed by atoms with Crippen molar-refractivity contribution in [3.8, 4) is 0 Å². The zero-order valence-corrected chi connectivity index (χ0v) is 15.4. The standard InChI is InChI=1S/C23H23NO3/c1-16-11-12-18-9-5-6-10-20(18)21(16)15-27-23(26)14-19(13-22(24)25)17-7-3-2-4-8-17/h2-12,19H,13-15H2,1H3,(H2,24,25)/t19-/m1/s1. The molecule has 1 amide bonds. The van der Waals surface area contributed by atoms with Crippen LogP contribution < -0.4 is 5.73 Å². The van der Waals surface area contributed by atoms with Crippen molar-refractivity contribution in [3.63, 3.8) is 0 Å². The molecule has 4 heteroatoms. The number of aryl methyl sites for hydroxylation is 1. The Hall–Kier alpha value is -3.14. The first-order valence-corrected chi connectivity index (χ1v) is 9.00. The fourth-order valence-corrected chi connectivity index (χ4v) is 3.33. The first kappa shape index (κ1) is 18.6. The van der Waals surface area contributed by atoms with Crippen molar-refractivity contribution >= 4 is 22.6 Å². The average molecular weight is 361 g/mol. The zero-order chi connectivity index (χ0) is 19.2. The number of hydrogen-bond acceptors (Lipinski definition) is 3.